The van der Waals surface area contributed by atoms with Gasteiger partial charge in [0.25, 0.3) is 0 Å². The van der Waals surface area contributed by atoms with E-state index in [1.54, 1.807) is 7.11 Å². The van der Waals surface area contributed by atoms with E-state index in [1.165, 1.54) is 23.8 Å². The third-order valence-corrected chi connectivity index (χ3v) is 3.63. The highest BCUT2D eigenvalue weighted by molar-refractivity contribution is 8.00. The summed E-state index contributed by atoms with van der Waals surface area (Å²) in [6.45, 7) is 0.254. The molecule has 0 radical (unpaired) electrons. The van der Waals surface area contributed by atoms with E-state index < -0.39 is 5.97 Å². The Morgan fingerprint density at radius 2 is 2.10 bits per heavy atom. The molecule has 0 bridgehead atoms. The maximum absolute atomic E-state index is 12.1. The molecule has 0 aliphatic carbocycles. The minimum Gasteiger partial charge on any atom is -0.497 e. The number of carboxylic acid groups (broad SMARTS) is 1. The number of carboxylic acids is 1. The number of aliphatic carboxylic acids is 1. The highest BCUT2D eigenvalue weighted by atomic mass is 32.2. The van der Waals surface area contributed by atoms with Crippen LogP contribution in [-0.4, -0.2) is 61.6 Å². The molecule has 0 aliphatic heterocycles. The Labute approximate surface area is 128 Å². The first-order chi connectivity index (χ1) is 10.1. The van der Waals surface area contributed by atoms with Crippen molar-refractivity contribution < 1.29 is 24.2 Å². The minimum absolute atomic E-state index is 0.171. The van der Waals surface area contributed by atoms with Crippen molar-refractivity contribution in [2.45, 2.75) is 4.90 Å². The van der Waals surface area contributed by atoms with Gasteiger partial charge in [-0.3, -0.25) is 9.59 Å². The van der Waals surface area contributed by atoms with Crippen molar-refractivity contribution in [3.63, 3.8) is 0 Å². The third kappa shape index (κ3) is 6.50. The van der Waals surface area contributed by atoms with Crippen molar-refractivity contribution in [1.82, 2.24) is 4.90 Å². The molecular formula is C14H19NO5S. The lowest BCUT2D eigenvalue weighted by Gasteiger charge is -2.20. The van der Waals surface area contributed by atoms with Crippen LogP contribution in [0.3, 0.4) is 0 Å². The van der Waals surface area contributed by atoms with Gasteiger partial charge in [-0.1, -0.05) is 6.07 Å². The van der Waals surface area contributed by atoms with Crippen LogP contribution in [0.15, 0.2) is 29.2 Å². The second-order valence-electron chi connectivity index (χ2n) is 4.17. The zero-order valence-corrected chi connectivity index (χ0v) is 12.9. The molecule has 0 spiro atoms. The van der Waals surface area contributed by atoms with Crippen molar-refractivity contribution in [1.29, 1.82) is 0 Å². The lowest BCUT2D eigenvalue weighted by Crippen LogP contribution is -2.39. The van der Waals surface area contributed by atoms with Gasteiger partial charge in [-0.15, -0.1) is 11.8 Å². The Kier molecular flexibility index (Phi) is 7.63. The third-order valence-electron chi connectivity index (χ3n) is 2.65. The molecule has 0 aliphatic rings. The Hall–Kier alpha value is -1.73. The number of thioether (sulfide) groups is 1. The van der Waals surface area contributed by atoms with Gasteiger partial charge in [-0.05, 0) is 18.2 Å². The average molecular weight is 313 g/mol. The summed E-state index contributed by atoms with van der Waals surface area (Å²) < 4.78 is 10.00. The van der Waals surface area contributed by atoms with Crippen LogP contribution in [0, 0.1) is 0 Å². The molecule has 0 unspecified atom stereocenters. The summed E-state index contributed by atoms with van der Waals surface area (Å²) in [6.07, 6.45) is 0. The number of methoxy groups -OCH3 is 2. The lowest BCUT2D eigenvalue weighted by atomic mass is 10.3. The molecule has 1 rings (SSSR count). The zero-order chi connectivity index (χ0) is 15.7. The summed E-state index contributed by atoms with van der Waals surface area (Å²) in [5, 5.41) is 8.83. The molecule has 0 aromatic heterocycles. The fourth-order valence-corrected chi connectivity index (χ4v) is 2.43. The topological polar surface area (TPSA) is 76.1 Å². The van der Waals surface area contributed by atoms with Crippen LogP contribution in [0.25, 0.3) is 0 Å². The number of carbonyl (C=O) groups excluding carboxylic acids is 1. The lowest BCUT2D eigenvalue weighted by molar-refractivity contribution is -0.143. The Bertz CT molecular complexity index is 480. The van der Waals surface area contributed by atoms with Crippen LogP contribution >= 0.6 is 11.8 Å². The van der Waals surface area contributed by atoms with Crippen molar-refractivity contribution in [2.75, 3.05) is 39.7 Å². The number of hydrogen-bond acceptors (Lipinski definition) is 5. The van der Waals surface area contributed by atoms with Gasteiger partial charge in [0.15, 0.2) is 0 Å². The normalized spacial score (nSPS) is 10.2. The molecule has 0 heterocycles. The van der Waals surface area contributed by atoms with Crippen LogP contribution in [0.1, 0.15) is 0 Å². The molecule has 0 fully saturated rings. The summed E-state index contributed by atoms with van der Waals surface area (Å²) in [4.78, 5) is 25.0. The van der Waals surface area contributed by atoms with E-state index in [2.05, 4.69) is 0 Å². The second kappa shape index (κ2) is 9.25. The molecule has 7 heteroatoms. The molecule has 0 atom stereocenters. The molecule has 1 aromatic rings. The molecule has 0 saturated heterocycles. The van der Waals surface area contributed by atoms with E-state index >= 15 is 0 Å². The first kappa shape index (κ1) is 17.3. The van der Waals surface area contributed by atoms with E-state index in [9.17, 15) is 9.59 Å². The molecule has 116 valence electrons. The van der Waals surface area contributed by atoms with Gasteiger partial charge in [0.2, 0.25) is 5.91 Å². The predicted molar refractivity (Wildman–Crippen MR) is 79.8 cm³/mol. The number of amides is 1. The van der Waals surface area contributed by atoms with Gasteiger partial charge in [0, 0.05) is 18.6 Å². The van der Waals surface area contributed by atoms with E-state index in [-0.39, 0.29) is 24.7 Å². The number of nitrogens with zero attached hydrogens (tertiary/aromatic N) is 1. The molecule has 1 amide bonds. The zero-order valence-electron chi connectivity index (χ0n) is 12.1. The van der Waals surface area contributed by atoms with Crippen molar-refractivity contribution in [3.8, 4) is 5.75 Å². The summed E-state index contributed by atoms with van der Waals surface area (Å²) in [7, 11) is 3.09. The van der Waals surface area contributed by atoms with E-state index in [0.29, 0.717) is 12.4 Å². The quantitative estimate of drug-likeness (QED) is 0.694. The molecule has 1 N–H and O–H groups in total. The number of benzene rings is 1. The fourth-order valence-electron chi connectivity index (χ4n) is 1.58. The van der Waals surface area contributed by atoms with Crippen LogP contribution in [0.2, 0.25) is 0 Å². The fraction of sp³-hybridized carbons (Fsp3) is 0.429. The Morgan fingerprint density at radius 3 is 2.71 bits per heavy atom. The summed E-state index contributed by atoms with van der Waals surface area (Å²) in [6, 6.07) is 7.36. The number of hydrogen-bond donors (Lipinski definition) is 1. The van der Waals surface area contributed by atoms with E-state index in [0.717, 1.165) is 4.90 Å². The van der Waals surface area contributed by atoms with Gasteiger partial charge < -0.3 is 19.5 Å². The van der Waals surface area contributed by atoms with Gasteiger partial charge in [-0.25, -0.2) is 0 Å². The number of carbonyl (C=O) groups is 2. The first-order valence-electron chi connectivity index (χ1n) is 6.32. The first-order valence-corrected chi connectivity index (χ1v) is 7.30. The van der Waals surface area contributed by atoms with Gasteiger partial charge in [0.05, 0.1) is 19.5 Å². The minimum atomic E-state index is -1.04. The van der Waals surface area contributed by atoms with Crippen LogP contribution in [0.5, 0.6) is 5.75 Å². The highest BCUT2D eigenvalue weighted by Crippen LogP contribution is 2.22. The standard InChI is InChI=1S/C14H19NO5S/c1-19-7-6-15(9-14(17)18)13(16)10-21-12-5-3-4-11(8-12)20-2/h3-5,8H,6-7,9-10H2,1-2H3,(H,17,18). The van der Waals surface area contributed by atoms with Gasteiger partial charge >= 0.3 is 5.97 Å². The highest BCUT2D eigenvalue weighted by Gasteiger charge is 2.16. The number of rotatable bonds is 9. The summed E-state index contributed by atoms with van der Waals surface area (Å²) in [5.74, 6) is -0.383. The second-order valence-corrected chi connectivity index (χ2v) is 5.22. The summed E-state index contributed by atoms with van der Waals surface area (Å²) in [5.41, 5.74) is 0. The molecule has 6 nitrogen and oxygen atoms in total. The van der Waals surface area contributed by atoms with Crippen molar-refractivity contribution >= 4 is 23.6 Å². The maximum Gasteiger partial charge on any atom is 0.323 e. The van der Waals surface area contributed by atoms with E-state index in [1.807, 2.05) is 24.3 Å². The Balaban J connectivity index is 2.57. The molecular weight excluding hydrogens is 294 g/mol. The van der Waals surface area contributed by atoms with Crippen molar-refractivity contribution in [3.05, 3.63) is 24.3 Å². The van der Waals surface area contributed by atoms with E-state index in [4.69, 9.17) is 14.6 Å². The van der Waals surface area contributed by atoms with Gasteiger partial charge in [0.1, 0.15) is 12.3 Å². The molecule has 1 aromatic carbocycles. The predicted octanol–water partition coefficient (Wildman–Crippen LogP) is 1.35. The van der Waals surface area contributed by atoms with Crippen LogP contribution < -0.4 is 4.74 Å². The van der Waals surface area contributed by atoms with Crippen LogP contribution in [0.4, 0.5) is 0 Å². The average Bonchev–Trinajstić information content (AvgIpc) is 2.48. The number of ether oxygens (including phenoxy) is 2. The van der Waals surface area contributed by atoms with Gasteiger partial charge in [-0.2, -0.15) is 0 Å². The monoisotopic (exact) mass is 313 g/mol. The van der Waals surface area contributed by atoms with Crippen LogP contribution in [-0.2, 0) is 14.3 Å². The van der Waals surface area contributed by atoms with Crippen molar-refractivity contribution in [2.24, 2.45) is 0 Å². The Morgan fingerprint density at radius 1 is 1.33 bits per heavy atom. The SMILES string of the molecule is COCCN(CC(=O)O)C(=O)CSc1cccc(OC)c1. The summed E-state index contributed by atoms with van der Waals surface area (Å²) >= 11 is 1.34. The molecule has 0 saturated carbocycles. The smallest absolute Gasteiger partial charge is 0.323 e. The molecule has 21 heavy (non-hydrogen) atoms. The largest absolute Gasteiger partial charge is 0.497 e. The maximum atomic E-state index is 12.1.